The predicted molar refractivity (Wildman–Crippen MR) is 73.5 cm³/mol. The first-order chi connectivity index (χ1) is 8.20. The van der Waals surface area contributed by atoms with Crippen LogP contribution in [-0.4, -0.2) is 11.5 Å². The van der Waals surface area contributed by atoms with Crippen LogP contribution in [0.25, 0.3) is 10.9 Å². The molecule has 0 spiro atoms. The van der Waals surface area contributed by atoms with E-state index in [1.54, 1.807) is 0 Å². The van der Waals surface area contributed by atoms with E-state index in [0.717, 1.165) is 47.4 Å². The number of benzene rings is 1. The Morgan fingerprint density at radius 2 is 2.06 bits per heavy atom. The van der Waals surface area contributed by atoms with Gasteiger partial charge >= 0.3 is 0 Å². The van der Waals surface area contributed by atoms with Crippen LogP contribution in [0.2, 0.25) is 5.02 Å². The predicted octanol–water partition coefficient (Wildman–Crippen LogP) is 3.48. The molecule has 90 valence electrons. The largest absolute Gasteiger partial charge is 0.330 e. The third-order valence-corrected chi connectivity index (χ3v) is 3.18. The Labute approximate surface area is 107 Å². The number of fused-ring (bicyclic) bond motifs is 1. The third kappa shape index (κ3) is 2.96. The van der Waals surface area contributed by atoms with Gasteiger partial charge < -0.3 is 5.73 Å². The molecule has 0 aliphatic heterocycles. The van der Waals surface area contributed by atoms with E-state index in [4.69, 9.17) is 17.3 Å². The van der Waals surface area contributed by atoms with Crippen LogP contribution < -0.4 is 5.73 Å². The van der Waals surface area contributed by atoms with Crippen LogP contribution in [0.4, 0.5) is 0 Å². The molecule has 1 heterocycles. The first-order valence-corrected chi connectivity index (χ1v) is 6.34. The molecule has 0 fully saturated rings. The van der Waals surface area contributed by atoms with Gasteiger partial charge in [0.1, 0.15) is 0 Å². The Balaban J connectivity index is 2.30. The molecule has 2 rings (SSSR count). The maximum atomic E-state index is 6.18. The van der Waals surface area contributed by atoms with Crippen molar-refractivity contribution in [2.24, 2.45) is 5.73 Å². The standard InChI is InChI=1S/C14H17ClN2/c1-10-8-13(15)12-6-5-11(4-2-3-7-16)9-14(12)17-10/h5-6,8-9H,2-4,7,16H2,1H3. The molecule has 17 heavy (non-hydrogen) atoms. The molecule has 0 amide bonds. The molecule has 0 saturated heterocycles. The van der Waals surface area contributed by atoms with E-state index in [1.165, 1.54) is 5.56 Å². The number of nitrogens with zero attached hydrogens (tertiary/aromatic N) is 1. The quantitative estimate of drug-likeness (QED) is 0.842. The summed E-state index contributed by atoms with van der Waals surface area (Å²) >= 11 is 6.18. The average molecular weight is 249 g/mol. The van der Waals surface area contributed by atoms with Gasteiger partial charge in [-0.3, -0.25) is 4.98 Å². The first-order valence-electron chi connectivity index (χ1n) is 5.96. The summed E-state index contributed by atoms with van der Waals surface area (Å²) in [5.74, 6) is 0. The molecule has 3 heteroatoms. The Morgan fingerprint density at radius 3 is 2.82 bits per heavy atom. The van der Waals surface area contributed by atoms with Crippen LogP contribution in [0.5, 0.6) is 0 Å². The molecule has 0 aliphatic carbocycles. The highest BCUT2D eigenvalue weighted by molar-refractivity contribution is 6.35. The molecule has 1 aromatic carbocycles. The van der Waals surface area contributed by atoms with Gasteiger partial charge in [0.15, 0.2) is 0 Å². The normalized spacial score (nSPS) is 11.0. The van der Waals surface area contributed by atoms with Crippen molar-refractivity contribution in [1.82, 2.24) is 4.98 Å². The monoisotopic (exact) mass is 248 g/mol. The summed E-state index contributed by atoms with van der Waals surface area (Å²) in [6.45, 7) is 2.73. The van der Waals surface area contributed by atoms with E-state index >= 15 is 0 Å². The molecule has 1 aromatic heterocycles. The van der Waals surface area contributed by atoms with Crippen LogP contribution in [0.15, 0.2) is 24.3 Å². The summed E-state index contributed by atoms with van der Waals surface area (Å²) in [4.78, 5) is 4.52. The second-order valence-electron chi connectivity index (χ2n) is 4.34. The molecule has 2 nitrogen and oxygen atoms in total. The van der Waals surface area contributed by atoms with Gasteiger partial charge in [0.2, 0.25) is 0 Å². The van der Waals surface area contributed by atoms with Crippen molar-refractivity contribution < 1.29 is 0 Å². The molecule has 2 N–H and O–H groups in total. The molecular weight excluding hydrogens is 232 g/mol. The van der Waals surface area contributed by atoms with E-state index in [9.17, 15) is 0 Å². The molecular formula is C14H17ClN2. The van der Waals surface area contributed by atoms with Gasteiger partial charge in [-0.1, -0.05) is 23.7 Å². The van der Waals surface area contributed by atoms with E-state index < -0.39 is 0 Å². The summed E-state index contributed by atoms with van der Waals surface area (Å²) in [5.41, 5.74) is 8.74. The van der Waals surface area contributed by atoms with Crippen molar-refractivity contribution in [2.45, 2.75) is 26.2 Å². The van der Waals surface area contributed by atoms with E-state index in [0.29, 0.717) is 0 Å². The van der Waals surface area contributed by atoms with Crippen molar-refractivity contribution in [3.8, 4) is 0 Å². The lowest BCUT2D eigenvalue weighted by atomic mass is 10.1. The minimum Gasteiger partial charge on any atom is -0.330 e. The smallest absolute Gasteiger partial charge is 0.0722 e. The average Bonchev–Trinajstić information content (AvgIpc) is 2.28. The Hall–Kier alpha value is -1.12. The van der Waals surface area contributed by atoms with Crippen molar-refractivity contribution in [3.05, 3.63) is 40.5 Å². The number of rotatable bonds is 4. The number of pyridine rings is 1. The van der Waals surface area contributed by atoms with Crippen molar-refractivity contribution in [3.63, 3.8) is 0 Å². The maximum absolute atomic E-state index is 6.18. The van der Waals surface area contributed by atoms with E-state index in [-0.39, 0.29) is 0 Å². The summed E-state index contributed by atoms with van der Waals surface area (Å²) in [6.07, 6.45) is 3.25. The highest BCUT2D eigenvalue weighted by Crippen LogP contribution is 2.24. The van der Waals surface area contributed by atoms with Crippen LogP contribution in [0.1, 0.15) is 24.1 Å². The van der Waals surface area contributed by atoms with Gasteiger partial charge in [-0.05, 0) is 50.4 Å². The zero-order valence-electron chi connectivity index (χ0n) is 10.0. The maximum Gasteiger partial charge on any atom is 0.0722 e. The molecule has 0 bridgehead atoms. The summed E-state index contributed by atoms with van der Waals surface area (Å²) < 4.78 is 0. The number of nitrogens with two attached hydrogens (primary N) is 1. The second kappa shape index (κ2) is 5.48. The lowest BCUT2D eigenvalue weighted by molar-refractivity contribution is 0.745. The highest BCUT2D eigenvalue weighted by atomic mass is 35.5. The Kier molecular flexibility index (Phi) is 3.97. The molecule has 0 aliphatic rings. The van der Waals surface area contributed by atoms with Gasteiger partial charge in [0, 0.05) is 11.1 Å². The molecule has 0 unspecified atom stereocenters. The summed E-state index contributed by atoms with van der Waals surface area (Å²) in [7, 11) is 0. The molecule has 0 radical (unpaired) electrons. The number of aromatic nitrogens is 1. The first kappa shape index (κ1) is 12.3. The van der Waals surface area contributed by atoms with Gasteiger partial charge in [-0.25, -0.2) is 0 Å². The molecule has 0 saturated carbocycles. The van der Waals surface area contributed by atoms with Crippen molar-refractivity contribution in [1.29, 1.82) is 0 Å². The lowest BCUT2D eigenvalue weighted by Crippen LogP contribution is -1.99. The summed E-state index contributed by atoms with van der Waals surface area (Å²) in [6, 6.07) is 8.21. The van der Waals surface area contributed by atoms with E-state index in [2.05, 4.69) is 23.2 Å². The van der Waals surface area contributed by atoms with Crippen LogP contribution >= 0.6 is 11.6 Å². The SMILES string of the molecule is Cc1cc(Cl)c2ccc(CCCCN)cc2n1. The fourth-order valence-electron chi connectivity index (χ4n) is 1.98. The minimum absolute atomic E-state index is 0.761. The Morgan fingerprint density at radius 1 is 1.24 bits per heavy atom. The van der Waals surface area contributed by atoms with Crippen LogP contribution in [0.3, 0.4) is 0 Å². The minimum atomic E-state index is 0.761. The van der Waals surface area contributed by atoms with Crippen molar-refractivity contribution >= 4 is 22.5 Å². The number of aryl methyl sites for hydroxylation is 2. The fourth-order valence-corrected chi connectivity index (χ4v) is 2.30. The molecule has 0 atom stereocenters. The topological polar surface area (TPSA) is 38.9 Å². The zero-order valence-corrected chi connectivity index (χ0v) is 10.8. The number of hydrogen-bond acceptors (Lipinski definition) is 2. The van der Waals surface area contributed by atoms with Crippen LogP contribution in [0, 0.1) is 6.92 Å². The fraction of sp³-hybridized carbons (Fsp3) is 0.357. The third-order valence-electron chi connectivity index (χ3n) is 2.87. The van der Waals surface area contributed by atoms with Crippen molar-refractivity contribution in [2.75, 3.05) is 6.54 Å². The summed E-state index contributed by atoms with van der Waals surface area (Å²) in [5, 5.41) is 1.81. The number of hydrogen-bond donors (Lipinski definition) is 1. The number of halogens is 1. The van der Waals surface area contributed by atoms with Crippen LogP contribution in [-0.2, 0) is 6.42 Å². The second-order valence-corrected chi connectivity index (χ2v) is 4.75. The van der Waals surface area contributed by atoms with Gasteiger partial charge in [-0.15, -0.1) is 0 Å². The van der Waals surface area contributed by atoms with E-state index in [1.807, 2.05) is 13.0 Å². The van der Waals surface area contributed by atoms with Gasteiger partial charge in [0.05, 0.1) is 10.5 Å². The van der Waals surface area contributed by atoms with Gasteiger partial charge in [0.25, 0.3) is 0 Å². The number of unbranched alkanes of at least 4 members (excludes halogenated alkanes) is 1. The highest BCUT2D eigenvalue weighted by Gasteiger charge is 2.03. The van der Waals surface area contributed by atoms with Gasteiger partial charge in [-0.2, -0.15) is 0 Å². The zero-order chi connectivity index (χ0) is 12.3. The lowest BCUT2D eigenvalue weighted by Gasteiger charge is -2.05. The molecule has 2 aromatic rings. The Bertz CT molecular complexity index is 523.